The number of benzene rings is 1. The molecule has 0 amide bonds. The summed E-state index contributed by atoms with van der Waals surface area (Å²) in [4.78, 5) is 1.39. The van der Waals surface area contributed by atoms with Gasteiger partial charge in [-0.2, -0.15) is 0 Å². The van der Waals surface area contributed by atoms with E-state index in [1.54, 1.807) is 0 Å². The average Bonchev–Trinajstić information content (AvgIpc) is 2.23. The molecule has 15 heavy (non-hydrogen) atoms. The Balaban J connectivity index is 2.28. The van der Waals surface area contributed by atoms with E-state index in [4.69, 9.17) is 0 Å². The fraction of sp³-hybridized carbons (Fsp3) is 0.538. The molecular formula is C13H21NS. The highest BCUT2D eigenvalue weighted by atomic mass is 32.2. The molecule has 0 atom stereocenters. The molecule has 1 aromatic carbocycles. The molecule has 2 heteroatoms. The van der Waals surface area contributed by atoms with Crippen molar-refractivity contribution in [3.05, 3.63) is 29.3 Å². The molecule has 0 aliphatic carbocycles. The lowest BCUT2D eigenvalue weighted by molar-refractivity contribution is 0.707. The maximum Gasteiger partial charge on any atom is 0.0106 e. The summed E-state index contributed by atoms with van der Waals surface area (Å²) in [6.45, 7) is 8.77. The minimum absolute atomic E-state index is 1.10. The lowest BCUT2D eigenvalue weighted by Gasteiger charge is -2.05. The summed E-state index contributed by atoms with van der Waals surface area (Å²) >= 11 is 1.93. The van der Waals surface area contributed by atoms with Gasteiger partial charge in [-0.3, -0.25) is 0 Å². The smallest absolute Gasteiger partial charge is 0.0106 e. The minimum Gasteiger partial charge on any atom is -0.316 e. The SMILES string of the molecule is CCCNCCSc1ccc(C)c(C)c1. The Morgan fingerprint density at radius 3 is 2.60 bits per heavy atom. The lowest BCUT2D eigenvalue weighted by atomic mass is 10.1. The second kappa shape index (κ2) is 6.91. The summed E-state index contributed by atoms with van der Waals surface area (Å²) in [5, 5.41) is 3.41. The first-order valence-corrected chi connectivity index (χ1v) is 6.63. The predicted octanol–water partition coefficient (Wildman–Crippen LogP) is 3.40. The number of aryl methyl sites for hydroxylation is 2. The molecule has 0 heterocycles. The molecule has 0 fully saturated rings. The lowest BCUT2D eigenvalue weighted by Crippen LogP contribution is -2.17. The zero-order valence-corrected chi connectivity index (χ0v) is 10.8. The zero-order valence-electron chi connectivity index (χ0n) is 9.97. The van der Waals surface area contributed by atoms with Crippen molar-refractivity contribution in [2.45, 2.75) is 32.1 Å². The summed E-state index contributed by atoms with van der Waals surface area (Å²) in [5.74, 6) is 1.16. The molecule has 1 rings (SSSR count). The second-order valence-corrected chi connectivity index (χ2v) is 5.01. The van der Waals surface area contributed by atoms with Gasteiger partial charge in [0, 0.05) is 17.2 Å². The van der Waals surface area contributed by atoms with Gasteiger partial charge in [-0.1, -0.05) is 13.0 Å². The molecule has 0 saturated carbocycles. The van der Waals surface area contributed by atoms with Crippen molar-refractivity contribution < 1.29 is 0 Å². The molecule has 0 aromatic heterocycles. The van der Waals surface area contributed by atoms with E-state index in [2.05, 4.69) is 44.3 Å². The van der Waals surface area contributed by atoms with Crippen molar-refractivity contribution in [3.8, 4) is 0 Å². The molecule has 0 radical (unpaired) electrons. The van der Waals surface area contributed by atoms with Gasteiger partial charge in [0.1, 0.15) is 0 Å². The van der Waals surface area contributed by atoms with Crippen LogP contribution in [0.1, 0.15) is 24.5 Å². The Bertz CT molecular complexity index is 297. The first-order valence-electron chi connectivity index (χ1n) is 5.65. The quantitative estimate of drug-likeness (QED) is 0.586. The summed E-state index contributed by atoms with van der Waals surface area (Å²) in [6.07, 6.45) is 1.22. The number of hydrogen-bond acceptors (Lipinski definition) is 2. The van der Waals surface area contributed by atoms with Gasteiger partial charge < -0.3 is 5.32 Å². The molecule has 1 N–H and O–H groups in total. The number of thioether (sulfide) groups is 1. The summed E-state index contributed by atoms with van der Waals surface area (Å²) in [6, 6.07) is 6.70. The van der Waals surface area contributed by atoms with Crippen LogP contribution >= 0.6 is 11.8 Å². The highest BCUT2D eigenvalue weighted by Gasteiger charge is 1.96. The van der Waals surface area contributed by atoms with Crippen LogP contribution in [0.4, 0.5) is 0 Å². The third-order valence-corrected chi connectivity index (χ3v) is 3.45. The zero-order chi connectivity index (χ0) is 11.1. The van der Waals surface area contributed by atoms with Gasteiger partial charge in [-0.15, -0.1) is 11.8 Å². The molecular weight excluding hydrogens is 202 g/mol. The highest BCUT2D eigenvalue weighted by Crippen LogP contribution is 2.20. The van der Waals surface area contributed by atoms with Crippen LogP contribution in [-0.2, 0) is 0 Å². The molecule has 0 spiro atoms. The Labute approximate surface area is 97.7 Å². The van der Waals surface area contributed by atoms with Gasteiger partial charge >= 0.3 is 0 Å². The van der Waals surface area contributed by atoms with Crippen molar-refractivity contribution in [1.29, 1.82) is 0 Å². The van der Waals surface area contributed by atoms with E-state index in [0.29, 0.717) is 0 Å². The predicted molar refractivity (Wildman–Crippen MR) is 69.8 cm³/mol. The summed E-state index contributed by atoms with van der Waals surface area (Å²) < 4.78 is 0. The van der Waals surface area contributed by atoms with Crippen molar-refractivity contribution in [3.63, 3.8) is 0 Å². The number of nitrogens with one attached hydrogen (secondary N) is 1. The van der Waals surface area contributed by atoms with Gasteiger partial charge in [-0.25, -0.2) is 0 Å². The largest absolute Gasteiger partial charge is 0.316 e. The average molecular weight is 223 g/mol. The van der Waals surface area contributed by atoms with E-state index in [-0.39, 0.29) is 0 Å². The molecule has 0 aliphatic rings. The van der Waals surface area contributed by atoms with E-state index in [0.717, 1.165) is 18.8 Å². The first kappa shape index (κ1) is 12.6. The minimum atomic E-state index is 1.10. The van der Waals surface area contributed by atoms with Crippen LogP contribution in [0.15, 0.2) is 23.1 Å². The van der Waals surface area contributed by atoms with Crippen LogP contribution < -0.4 is 5.32 Å². The fourth-order valence-corrected chi connectivity index (χ4v) is 2.25. The van der Waals surface area contributed by atoms with Crippen LogP contribution in [0.3, 0.4) is 0 Å². The van der Waals surface area contributed by atoms with Crippen LogP contribution in [0.25, 0.3) is 0 Å². The molecule has 0 bridgehead atoms. The normalized spacial score (nSPS) is 10.6. The third kappa shape index (κ3) is 4.72. The third-order valence-electron chi connectivity index (χ3n) is 2.45. The molecule has 1 nitrogen and oxygen atoms in total. The van der Waals surface area contributed by atoms with Crippen molar-refractivity contribution in [2.24, 2.45) is 0 Å². The standard InChI is InChI=1S/C13H21NS/c1-4-7-14-8-9-15-13-6-5-11(2)12(3)10-13/h5-6,10,14H,4,7-9H2,1-3H3. The molecule has 1 aromatic rings. The first-order chi connectivity index (χ1) is 7.24. The van der Waals surface area contributed by atoms with E-state index in [1.165, 1.54) is 22.4 Å². The van der Waals surface area contributed by atoms with Gasteiger partial charge in [0.15, 0.2) is 0 Å². The molecule has 84 valence electrons. The maximum atomic E-state index is 3.41. The fourth-order valence-electron chi connectivity index (χ4n) is 1.35. The second-order valence-electron chi connectivity index (χ2n) is 3.84. The Kier molecular flexibility index (Phi) is 5.81. The number of rotatable bonds is 6. The van der Waals surface area contributed by atoms with E-state index in [1.807, 2.05) is 11.8 Å². The van der Waals surface area contributed by atoms with Gasteiger partial charge in [0.2, 0.25) is 0 Å². The van der Waals surface area contributed by atoms with Crippen molar-refractivity contribution >= 4 is 11.8 Å². The maximum absolute atomic E-state index is 3.41. The monoisotopic (exact) mass is 223 g/mol. The van der Waals surface area contributed by atoms with E-state index < -0.39 is 0 Å². The molecule has 0 aliphatic heterocycles. The van der Waals surface area contributed by atoms with E-state index in [9.17, 15) is 0 Å². The van der Waals surface area contributed by atoms with Crippen LogP contribution in [-0.4, -0.2) is 18.8 Å². The van der Waals surface area contributed by atoms with Crippen LogP contribution in [0.5, 0.6) is 0 Å². The van der Waals surface area contributed by atoms with Crippen LogP contribution in [0, 0.1) is 13.8 Å². The topological polar surface area (TPSA) is 12.0 Å². The summed E-state index contributed by atoms with van der Waals surface area (Å²) in [7, 11) is 0. The van der Waals surface area contributed by atoms with Gasteiger partial charge in [0.25, 0.3) is 0 Å². The molecule has 0 unspecified atom stereocenters. The Hall–Kier alpha value is -0.470. The van der Waals surface area contributed by atoms with Gasteiger partial charge in [0.05, 0.1) is 0 Å². The highest BCUT2D eigenvalue weighted by molar-refractivity contribution is 7.99. The van der Waals surface area contributed by atoms with Gasteiger partial charge in [-0.05, 0) is 50.1 Å². The van der Waals surface area contributed by atoms with Crippen molar-refractivity contribution in [1.82, 2.24) is 5.32 Å². The van der Waals surface area contributed by atoms with Crippen molar-refractivity contribution in [2.75, 3.05) is 18.8 Å². The van der Waals surface area contributed by atoms with Crippen LogP contribution in [0.2, 0.25) is 0 Å². The Morgan fingerprint density at radius 1 is 1.13 bits per heavy atom. The van der Waals surface area contributed by atoms with E-state index >= 15 is 0 Å². The Morgan fingerprint density at radius 2 is 1.93 bits per heavy atom. The summed E-state index contributed by atoms with van der Waals surface area (Å²) in [5.41, 5.74) is 2.77. The number of hydrogen-bond donors (Lipinski definition) is 1. The molecule has 0 saturated heterocycles.